The van der Waals surface area contributed by atoms with Crippen LogP contribution in [0.3, 0.4) is 0 Å². The van der Waals surface area contributed by atoms with Crippen molar-refractivity contribution in [3.8, 4) is 0 Å². The summed E-state index contributed by atoms with van der Waals surface area (Å²) in [7, 11) is 0. The number of rotatable bonds is 3. The third-order valence-corrected chi connectivity index (χ3v) is 5.85. The monoisotopic (exact) mass is 401 g/mol. The summed E-state index contributed by atoms with van der Waals surface area (Å²) in [5.74, 6) is 0. The Kier molecular flexibility index (Phi) is 4.49. The van der Waals surface area contributed by atoms with Gasteiger partial charge < -0.3 is 15.2 Å². The molecule has 1 fully saturated rings. The number of para-hydroxylation sites is 1. The highest BCUT2D eigenvalue weighted by atomic mass is 35.5. The van der Waals surface area contributed by atoms with Crippen molar-refractivity contribution in [2.75, 3.05) is 0 Å². The SMILES string of the molecule is O=C1NC(c2ccccc2)C(n2ccc3ccccc32)C(c2ccc(Cl)cc2)N1. The second-order valence-corrected chi connectivity index (χ2v) is 7.74. The number of urea groups is 1. The highest BCUT2D eigenvalue weighted by molar-refractivity contribution is 6.30. The Morgan fingerprint density at radius 3 is 2.07 bits per heavy atom. The van der Waals surface area contributed by atoms with Gasteiger partial charge in [-0.05, 0) is 40.8 Å². The predicted molar refractivity (Wildman–Crippen MR) is 116 cm³/mol. The van der Waals surface area contributed by atoms with Crippen LogP contribution in [0.15, 0.2) is 91.1 Å². The van der Waals surface area contributed by atoms with E-state index in [0.29, 0.717) is 5.02 Å². The van der Waals surface area contributed by atoms with Crippen molar-refractivity contribution in [1.82, 2.24) is 15.2 Å². The van der Waals surface area contributed by atoms with E-state index in [2.05, 4.69) is 51.7 Å². The largest absolute Gasteiger partial charge is 0.340 e. The van der Waals surface area contributed by atoms with Gasteiger partial charge in [0.15, 0.2) is 0 Å². The molecular weight excluding hydrogens is 382 g/mol. The van der Waals surface area contributed by atoms with Crippen LogP contribution in [0.1, 0.15) is 29.3 Å². The van der Waals surface area contributed by atoms with Gasteiger partial charge in [0.1, 0.15) is 0 Å². The van der Waals surface area contributed by atoms with Crippen LogP contribution in [0.4, 0.5) is 4.79 Å². The van der Waals surface area contributed by atoms with E-state index in [1.54, 1.807) is 0 Å². The molecule has 144 valence electrons. The topological polar surface area (TPSA) is 46.1 Å². The number of hydrogen-bond acceptors (Lipinski definition) is 1. The van der Waals surface area contributed by atoms with E-state index < -0.39 is 0 Å². The molecule has 0 saturated carbocycles. The lowest BCUT2D eigenvalue weighted by Crippen LogP contribution is -2.52. The standard InChI is InChI=1S/C24H20ClN3O/c25-19-12-10-18(11-13-19)22-23(28-15-14-16-6-4-5-9-20(16)28)21(26-24(29)27-22)17-7-2-1-3-8-17/h1-15,21-23H,(H2,26,27,29). The van der Waals surface area contributed by atoms with Gasteiger partial charge in [0.2, 0.25) is 0 Å². The Hall–Kier alpha value is -3.24. The summed E-state index contributed by atoms with van der Waals surface area (Å²) in [6.45, 7) is 0. The summed E-state index contributed by atoms with van der Waals surface area (Å²) >= 11 is 6.11. The quantitative estimate of drug-likeness (QED) is 0.459. The third-order valence-electron chi connectivity index (χ3n) is 5.59. The number of amides is 2. The fourth-order valence-electron chi connectivity index (χ4n) is 4.26. The molecule has 5 rings (SSSR count). The minimum Gasteiger partial charge on any atom is -0.340 e. The molecule has 4 aromatic rings. The molecule has 4 nitrogen and oxygen atoms in total. The van der Waals surface area contributed by atoms with Crippen molar-refractivity contribution in [2.45, 2.75) is 18.1 Å². The van der Waals surface area contributed by atoms with Crippen LogP contribution in [0.5, 0.6) is 0 Å². The first-order valence-electron chi connectivity index (χ1n) is 9.64. The number of aromatic nitrogens is 1. The van der Waals surface area contributed by atoms with Crippen molar-refractivity contribution < 1.29 is 4.79 Å². The number of nitrogens with one attached hydrogen (secondary N) is 2. The zero-order valence-electron chi connectivity index (χ0n) is 15.6. The van der Waals surface area contributed by atoms with Crippen LogP contribution in [0.2, 0.25) is 5.02 Å². The molecule has 0 spiro atoms. The molecule has 0 aliphatic carbocycles. The number of fused-ring (bicyclic) bond motifs is 1. The van der Waals surface area contributed by atoms with Crippen LogP contribution < -0.4 is 10.6 Å². The second-order valence-electron chi connectivity index (χ2n) is 7.31. The number of hydrogen-bond donors (Lipinski definition) is 2. The molecule has 1 saturated heterocycles. The lowest BCUT2D eigenvalue weighted by atomic mass is 9.87. The summed E-state index contributed by atoms with van der Waals surface area (Å²) in [6.07, 6.45) is 2.10. The Morgan fingerprint density at radius 1 is 0.724 bits per heavy atom. The van der Waals surface area contributed by atoms with Gasteiger partial charge in [0.05, 0.1) is 18.1 Å². The summed E-state index contributed by atoms with van der Waals surface area (Å²) in [4.78, 5) is 12.6. The van der Waals surface area contributed by atoms with Crippen LogP contribution in [0, 0.1) is 0 Å². The van der Waals surface area contributed by atoms with E-state index in [4.69, 9.17) is 11.6 Å². The molecule has 3 unspecified atom stereocenters. The molecule has 3 atom stereocenters. The van der Waals surface area contributed by atoms with Crippen molar-refractivity contribution in [1.29, 1.82) is 0 Å². The van der Waals surface area contributed by atoms with E-state index in [-0.39, 0.29) is 24.2 Å². The number of nitrogens with zero attached hydrogens (tertiary/aromatic N) is 1. The number of halogens is 1. The van der Waals surface area contributed by atoms with Crippen LogP contribution >= 0.6 is 11.6 Å². The van der Waals surface area contributed by atoms with Crippen molar-refractivity contribution in [3.63, 3.8) is 0 Å². The van der Waals surface area contributed by atoms with Crippen molar-refractivity contribution in [2.24, 2.45) is 0 Å². The maximum Gasteiger partial charge on any atom is 0.315 e. The first-order chi connectivity index (χ1) is 14.2. The van der Waals surface area contributed by atoms with Crippen molar-refractivity contribution in [3.05, 3.63) is 107 Å². The highest BCUT2D eigenvalue weighted by Gasteiger charge is 2.39. The molecule has 3 aromatic carbocycles. The van der Waals surface area contributed by atoms with Gasteiger partial charge in [-0.25, -0.2) is 4.79 Å². The average Bonchev–Trinajstić information content (AvgIpc) is 3.18. The first kappa shape index (κ1) is 17.8. The number of carbonyl (C=O) groups is 1. The Bertz CT molecular complexity index is 1150. The third kappa shape index (κ3) is 3.26. The second kappa shape index (κ2) is 7.30. The molecule has 0 radical (unpaired) electrons. The normalized spacial score (nSPS) is 21.6. The van der Waals surface area contributed by atoms with E-state index in [1.165, 1.54) is 5.39 Å². The Morgan fingerprint density at radius 2 is 1.34 bits per heavy atom. The minimum atomic E-state index is -0.206. The molecule has 5 heteroatoms. The minimum absolute atomic E-state index is 0.0591. The van der Waals surface area contributed by atoms with E-state index >= 15 is 0 Å². The zero-order chi connectivity index (χ0) is 19.8. The van der Waals surface area contributed by atoms with Gasteiger partial charge in [0, 0.05) is 16.7 Å². The summed E-state index contributed by atoms with van der Waals surface area (Å²) in [5, 5.41) is 8.14. The maximum absolute atomic E-state index is 12.6. The van der Waals surface area contributed by atoms with Gasteiger partial charge in [-0.3, -0.25) is 0 Å². The average molecular weight is 402 g/mol. The molecule has 1 aliphatic rings. The lowest BCUT2D eigenvalue weighted by molar-refractivity contribution is 0.193. The van der Waals surface area contributed by atoms with Gasteiger partial charge in [0.25, 0.3) is 0 Å². The zero-order valence-corrected chi connectivity index (χ0v) is 16.4. The number of carbonyl (C=O) groups excluding carboxylic acids is 1. The lowest BCUT2D eigenvalue weighted by Gasteiger charge is -2.41. The Balaban J connectivity index is 1.69. The predicted octanol–water partition coefficient (Wildman–Crippen LogP) is 5.63. The van der Waals surface area contributed by atoms with E-state index in [0.717, 1.165) is 16.6 Å². The van der Waals surface area contributed by atoms with Crippen LogP contribution in [-0.2, 0) is 0 Å². The fraction of sp³-hybridized carbons (Fsp3) is 0.125. The molecular formula is C24H20ClN3O. The van der Waals surface area contributed by atoms with Crippen LogP contribution in [0.25, 0.3) is 10.9 Å². The smallest absolute Gasteiger partial charge is 0.315 e. The molecule has 0 bridgehead atoms. The molecule has 1 aliphatic heterocycles. The Labute approximate surface area is 174 Å². The van der Waals surface area contributed by atoms with Gasteiger partial charge >= 0.3 is 6.03 Å². The number of benzene rings is 3. The molecule has 2 N–H and O–H groups in total. The van der Waals surface area contributed by atoms with E-state index in [9.17, 15) is 4.79 Å². The molecule has 2 amide bonds. The highest BCUT2D eigenvalue weighted by Crippen LogP contribution is 2.41. The molecule has 2 heterocycles. The van der Waals surface area contributed by atoms with Crippen molar-refractivity contribution >= 4 is 28.5 Å². The fourth-order valence-corrected chi connectivity index (χ4v) is 4.39. The first-order valence-corrected chi connectivity index (χ1v) is 10.0. The maximum atomic E-state index is 12.6. The van der Waals surface area contributed by atoms with Gasteiger partial charge in [-0.1, -0.05) is 72.3 Å². The summed E-state index contributed by atoms with van der Waals surface area (Å²) in [5.41, 5.74) is 3.23. The van der Waals surface area contributed by atoms with Gasteiger partial charge in [-0.15, -0.1) is 0 Å². The van der Waals surface area contributed by atoms with Crippen LogP contribution in [-0.4, -0.2) is 10.6 Å². The van der Waals surface area contributed by atoms with E-state index in [1.807, 2.05) is 54.6 Å². The summed E-state index contributed by atoms with van der Waals surface area (Å²) in [6, 6.07) is 27.6. The molecule has 29 heavy (non-hydrogen) atoms. The van der Waals surface area contributed by atoms with Gasteiger partial charge in [-0.2, -0.15) is 0 Å². The summed E-state index contributed by atoms with van der Waals surface area (Å²) < 4.78 is 2.26. The molecule has 1 aromatic heterocycles.